The Morgan fingerprint density at radius 3 is 1.79 bits per heavy atom. The van der Waals surface area contributed by atoms with Crippen LogP contribution in [0.25, 0.3) is 0 Å². The highest BCUT2D eigenvalue weighted by molar-refractivity contribution is 5.70. The van der Waals surface area contributed by atoms with Crippen molar-refractivity contribution in [1.82, 2.24) is 0 Å². The molecule has 0 saturated heterocycles. The van der Waals surface area contributed by atoms with Crippen LogP contribution in [0.3, 0.4) is 0 Å². The molecule has 0 saturated carbocycles. The Hall–Kier alpha value is -2.26. The highest BCUT2D eigenvalue weighted by Crippen LogP contribution is 2.12. The average molecular weight is 609 g/mol. The number of hydrogen-bond acceptors (Lipinski definition) is 8. The van der Waals surface area contributed by atoms with Crippen LogP contribution in [0, 0.1) is 0 Å². The van der Waals surface area contributed by atoms with Crippen LogP contribution >= 0.6 is 0 Å². The van der Waals surface area contributed by atoms with E-state index in [1.54, 1.807) is 36.5 Å². The average Bonchev–Trinajstić information content (AvgIpc) is 2.99. The summed E-state index contributed by atoms with van der Waals surface area (Å²) in [5.41, 5.74) is 0. The largest absolute Gasteiger partial charge is 0.462 e. The van der Waals surface area contributed by atoms with Gasteiger partial charge < -0.3 is 29.9 Å². The van der Waals surface area contributed by atoms with Gasteiger partial charge in [0, 0.05) is 12.8 Å². The maximum absolute atomic E-state index is 12.1. The Balaban J connectivity index is 4.05. The predicted octanol–water partition coefficient (Wildman–Crippen LogP) is 6.41. The zero-order chi connectivity index (χ0) is 32.0. The van der Waals surface area contributed by atoms with Gasteiger partial charge in [-0.3, -0.25) is 9.59 Å². The van der Waals surface area contributed by atoms with Gasteiger partial charge in [-0.05, 0) is 25.7 Å². The van der Waals surface area contributed by atoms with Crippen LogP contribution in [0.2, 0.25) is 0 Å². The third-order valence-corrected chi connectivity index (χ3v) is 6.99. The third-order valence-electron chi connectivity index (χ3n) is 6.99. The molecule has 0 heterocycles. The fourth-order valence-electron chi connectivity index (χ4n) is 4.29. The zero-order valence-electron chi connectivity index (χ0n) is 26.8. The molecule has 0 radical (unpaired) electrons. The number of unbranched alkanes of at least 4 members (excludes halogenated alkanes) is 10. The number of hydrogen-bond donors (Lipinski definition) is 4. The van der Waals surface area contributed by atoms with Crippen molar-refractivity contribution < 1.29 is 39.5 Å². The zero-order valence-corrected chi connectivity index (χ0v) is 26.8. The summed E-state index contributed by atoms with van der Waals surface area (Å²) in [6, 6.07) is 0. The van der Waals surface area contributed by atoms with Crippen molar-refractivity contribution in [3.63, 3.8) is 0 Å². The van der Waals surface area contributed by atoms with E-state index in [0.717, 1.165) is 44.9 Å². The minimum atomic E-state index is -1.08. The first-order valence-corrected chi connectivity index (χ1v) is 16.5. The fraction of sp³-hybridized carbons (Fsp3) is 0.714. The number of aliphatic hydroxyl groups excluding tert-OH is 4. The quantitative estimate of drug-likeness (QED) is 0.0455. The highest BCUT2D eigenvalue weighted by atomic mass is 16.6. The van der Waals surface area contributed by atoms with E-state index in [4.69, 9.17) is 9.47 Å². The Bertz CT molecular complexity index is 789. The van der Waals surface area contributed by atoms with E-state index < -0.39 is 37.0 Å². The summed E-state index contributed by atoms with van der Waals surface area (Å²) < 4.78 is 10.3. The van der Waals surface area contributed by atoms with Gasteiger partial charge in [0.15, 0.2) is 6.10 Å². The lowest BCUT2D eigenvalue weighted by atomic mass is 10.1. The molecule has 0 bridgehead atoms. The van der Waals surface area contributed by atoms with Gasteiger partial charge in [0.25, 0.3) is 0 Å². The van der Waals surface area contributed by atoms with Crippen molar-refractivity contribution in [3.05, 3.63) is 48.6 Å². The molecule has 248 valence electrons. The second kappa shape index (κ2) is 29.8. The van der Waals surface area contributed by atoms with Gasteiger partial charge in [0.05, 0.1) is 24.9 Å². The van der Waals surface area contributed by atoms with Crippen molar-refractivity contribution >= 4 is 11.9 Å². The van der Waals surface area contributed by atoms with Crippen LogP contribution in [-0.4, -0.2) is 70.0 Å². The summed E-state index contributed by atoms with van der Waals surface area (Å²) >= 11 is 0. The van der Waals surface area contributed by atoms with E-state index in [1.165, 1.54) is 44.6 Å². The van der Waals surface area contributed by atoms with Gasteiger partial charge in [-0.2, -0.15) is 0 Å². The number of carbonyl (C=O) groups is 2. The predicted molar refractivity (Wildman–Crippen MR) is 172 cm³/mol. The van der Waals surface area contributed by atoms with E-state index in [-0.39, 0.29) is 31.8 Å². The number of rotatable bonds is 28. The second-order valence-corrected chi connectivity index (χ2v) is 11.1. The fourth-order valence-corrected chi connectivity index (χ4v) is 4.29. The van der Waals surface area contributed by atoms with E-state index in [2.05, 4.69) is 13.8 Å². The van der Waals surface area contributed by atoms with Crippen LogP contribution in [0.4, 0.5) is 0 Å². The Kier molecular flexibility index (Phi) is 28.2. The summed E-state index contributed by atoms with van der Waals surface area (Å²) in [5, 5.41) is 39.5. The van der Waals surface area contributed by atoms with Crippen molar-refractivity contribution in [2.24, 2.45) is 0 Å². The summed E-state index contributed by atoms with van der Waals surface area (Å²) in [7, 11) is 0. The third kappa shape index (κ3) is 27.1. The van der Waals surface area contributed by atoms with E-state index >= 15 is 0 Å². The number of ether oxygens (including phenoxy) is 2. The number of carbonyl (C=O) groups excluding carboxylic acids is 2. The smallest absolute Gasteiger partial charge is 0.306 e. The summed E-state index contributed by atoms with van der Waals surface area (Å²) in [6.45, 7) is 3.69. The molecule has 0 aromatic heterocycles. The van der Waals surface area contributed by atoms with Crippen molar-refractivity contribution in [3.8, 4) is 0 Å². The summed E-state index contributed by atoms with van der Waals surface area (Å²) in [4.78, 5) is 24.1. The standard InChI is InChI=1S/C35H60O8/c1-3-5-7-8-9-10-11-16-20-26-34(40)42-29-31(28-36)43-35(41)27-21-25-33(39)32(38)24-19-15-13-12-14-18-23-30(37)22-17-6-4-2/h12-15,18-19,23-24,30-33,36-39H,3-11,16-17,20-22,25-29H2,1-2H3/b14-12-,15-13+,23-18+,24-19+/t30-,31-,32-,33-/m0/s1. The van der Waals surface area contributed by atoms with Crippen molar-refractivity contribution in [1.29, 1.82) is 0 Å². The number of aliphatic hydroxyl groups is 4. The van der Waals surface area contributed by atoms with Crippen LogP contribution in [-0.2, 0) is 19.1 Å². The van der Waals surface area contributed by atoms with Gasteiger partial charge in [0.1, 0.15) is 6.61 Å². The minimum absolute atomic E-state index is 0.00189. The van der Waals surface area contributed by atoms with Crippen molar-refractivity contribution in [2.75, 3.05) is 13.2 Å². The van der Waals surface area contributed by atoms with Gasteiger partial charge in [-0.25, -0.2) is 0 Å². The van der Waals surface area contributed by atoms with Crippen molar-refractivity contribution in [2.45, 2.75) is 147 Å². The first-order chi connectivity index (χ1) is 20.8. The maximum atomic E-state index is 12.1. The van der Waals surface area contributed by atoms with Gasteiger partial charge in [0.2, 0.25) is 0 Å². The molecule has 0 aromatic carbocycles. The van der Waals surface area contributed by atoms with Crippen LogP contribution < -0.4 is 0 Å². The lowest BCUT2D eigenvalue weighted by Crippen LogP contribution is -2.29. The molecule has 0 aromatic rings. The summed E-state index contributed by atoms with van der Waals surface area (Å²) in [5.74, 6) is -0.929. The second-order valence-electron chi connectivity index (χ2n) is 11.1. The van der Waals surface area contributed by atoms with Crippen LogP contribution in [0.15, 0.2) is 48.6 Å². The molecule has 0 fully saturated rings. The lowest BCUT2D eigenvalue weighted by molar-refractivity contribution is -0.161. The van der Waals surface area contributed by atoms with Gasteiger partial charge in [-0.1, -0.05) is 133 Å². The van der Waals surface area contributed by atoms with Crippen LogP contribution in [0.5, 0.6) is 0 Å². The summed E-state index contributed by atoms with van der Waals surface area (Å²) in [6.07, 6.45) is 25.4. The topological polar surface area (TPSA) is 134 Å². The molecule has 8 heteroatoms. The van der Waals surface area contributed by atoms with E-state index in [0.29, 0.717) is 6.42 Å². The maximum Gasteiger partial charge on any atom is 0.306 e. The Morgan fingerprint density at radius 1 is 0.628 bits per heavy atom. The molecule has 0 aliphatic rings. The molecule has 0 aliphatic heterocycles. The molecule has 0 unspecified atom stereocenters. The molecular formula is C35H60O8. The Labute approximate surface area is 260 Å². The first-order valence-electron chi connectivity index (χ1n) is 16.5. The molecule has 0 spiro atoms. The minimum Gasteiger partial charge on any atom is -0.462 e. The molecular weight excluding hydrogens is 548 g/mol. The SMILES string of the molecule is CCCCCCCCCCCC(=O)OC[C@H](CO)OC(=O)CCC[C@H](O)[C@@H](O)/C=C/C=C/C=C\C=C\[C@@H](O)CCCCC. The lowest BCUT2D eigenvalue weighted by Gasteiger charge is -2.17. The Morgan fingerprint density at radius 2 is 1.16 bits per heavy atom. The monoisotopic (exact) mass is 608 g/mol. The molecule has 8 nitrogen and oxygen atoms in total. The number of esters is 2. The van der Waals surface area contributed by atoms with E-state index in [9.17, 15) is 30.0 Å². The number of allylic oxidation sites excluding steroid dienone is 6. The molecule has 0 aliphatic carbocycles. The molecule has 4 atom stereocenters. The highest BCUT2D eigenvalue weighted by Gasteiger charge is 2.18. The van der Waals surface area contributed by atoms with E-state index in [1.807, 2.05) is 6.08 Å². The van der Waals surface area contributed by atoms with Gasteiger partial charge >= 0.3 is 11.9 Å². The van der Waals surface area contributed by atoms with Crippen LogP contribution in [0.1, 0.15) is 123 Å². The molecule has 0 amide bonds. The van der Waals surface area contributed by atoms with Gasteiger partial charge in [-0.15, -0.1) is 0 Å². The normalized spacial score (nSPS) is 15.0. The first kappa shape index (κ1) is 40.7. The molecule has 43 heavy (non-hydrogen) atoms. The molecule has 4 N–H and O–H groups in total. The molecule has 0 rings (SSSR count).